The molecule has 1 unspecified atom stereocenters. The molecule has 0 amide bonds. The van der Waals surface area contributed by atoms with Crippen molar-refractivity contribution in [3.8, 4) is 0 Å². The van der Waals surface area contributed by atoms with Gasteiger partial charge in [-0.25, -0.2) is 4.98 Å². The third-order valence-electron chi connectivity index (χ3n) is 2.29. The molecule has 1 aromatic rings. The third-order valence-corrected chi connectivity index (χ3v) is 2.76. The molecule has 0 radical (unpaired) electrons. The van der Waals surface area contributed by atoms with Crippen molar-refractivity contribution in [2.75, 3.05) is 19.8 Å². The van der Waals surface area contributed by atoms with Crippen LogP contribution in [0.3, 0.4) is 0 Å². The maximum atomic E-state index is 5.49. The molecule has 1 N–H and O–H groups in total. The third kappa shape index (κ3) is 3.83. The van der Waals surface area contributed by atoms with Gasteiger partial charge in [-0.15, -0.1) is 17.0 Å². The molecular weight excluding hydrogens is 324 g/mol. The Morgan fingerprint density at radius 3 is 3.07 bits per heavy atom. The van der Waals surface area contributed by atoms with E-state index in [2.05, 4.69) is 32.3 Å². The van der Waals surface area contributed by atoms with Crippen LogP contribution < -0.4 is 5.32 Å². The number of pyridine rings is 1. The molecule has 1 aromatic heterocycles. The van der Waals surface area contributed by atoms with E-state index in [-0.39, 0.29) is 23.0 Å². The summed E-state index contributed by atoms with van der Waals surface area (Å²) < 4.78 is 6.36. The highest BCUT2D eigenvalue weighted by Gasteiger charge is 2.13. The molecular formula is C10H14Br2N2O. The average molecular weight is 338 g/mol. The van der Waals surface area contributed by atoms with Crippen LogP contribution >= 0.6 is 32.9 Å². The Labute approximate surface area is 109 Å². The minimum Gasteiger partial charge on any atom is -0.379 e. The van der Waals surface area contributed by atoms with Gasteiger partial charge in [0.1, 0.15) is 4.60 Å². The summed E-state index contributed by atoms with van der Waals surface area (Å²) >= 11 is 3.32. The van der Waals surface area contributed by atoms with Crippen LogP contribution in [0, 0.1) is 0 Å². The van der Waals surface area contributed by atoms with Crippen LogP contribution in [0.1, 0.15) is 18.0 Å². The van der Waals surface area contributed by atoms with Crippen LogP contribution in [-0.4, -0.2) is 24.7 Å². The minimum atomic E-state index is 0. The van der Waals surface area contributed by atoms with E-state index in [4.69, 9.17) is 4.74 Å². The number of nitrogens with one attached hydrogen (secondary N) is 1. The van der Waals surface area contributed by atoms with E-state index in [9.17, 15) is 0 Å². The van der Waals surface area contributed by atoms with E-state index in [0.717, 1.165) is 30.8 Å². The highest BCUT2D eigenvalue weighted by atomic mass is 79.9. The molecule has 1 aliphatic heterocycles. The summed E-state index contributed by atoms with van der Waals surface area (Å²) in [5, 5.41) is 3.44. The first-order valence-corrected chi connectivity index (χ1v) is 5.58. The average Bonchev–Trinajstić information content (AvgIpc) is 2.47. The lowest BCUT2D eigenvalue weighted by atomic mass is 10.1. The fourth-order valence-corrected chi connectivity index (χ4v) is 1.75. The summed E-state index contributed by atoms with van der Waals surface area (Å²) in [4.78, 5) is 4.21. The zero-order chi connectivity index (χ0) is 9.80. The molecule has 1 fully saturated rings. The normalized spacial score (nSPS) is 21.5. The molecule has 0 aliphatic carbocycles. The van der Waals surface area contributed by atoms with Crippen molar-refractivity contribution in [1.29, 1.82) is 0 Å². The zero-order valence-electron chi connectivity index (χ0n) is 8.28. The van der Waals surface area contributed by atoms with Gasteiger partial charge in [-0.2, -0.15) is 0 Å². The van der Waals surface area contributed by atoms with Gasteiger partial charge in [-0.3, -0.25) is 0 Å². The summed E-state index contributed by atoms with van der Waals surface area (Å²) in [5.41, 5.74) is 1.19. The van der Waals surface area contributed by atoms with Crippen LogP contribution in [0.2, 0.25) is 0 Å². The molecule has 0 saturated carbocycles. The van der Waals surface area contributed by atoms with Crippen LogP contribution in [0.5, 0.6) is 0 Å². The molecule has 0 spiro atoms. The maximum absolute atomic E-state index is 5.49. The molecule has 0 bridgehead atoms. The summed E-state index contributed by atoms with van der Waals surface area (Å²) in [6.07, 6.45) is 2.97. The van der Waals surface area contributed by atoms with Crippen LogP contribution in [0.4, 0.5) is 0 Å². The predicted octanol–water partition coefficient (Wildman–Crippen LogP) is 2.47. The van der Waals surface area contributed by atoms with Gasteiger partial charge in [0.05, 0.1) is 12.6 Å². The lowest BCUT2D eigenvalue weighted by molar-refractivity contribution is 0.131. The monoisotopic (exact) mass is 336 g/mol. The second-order valence-electron chi connectivity index (χ2n) is 3.35. The fraction of sp³-hybridized carbons (Fsp3) is 0.500. The molecule has 5 heteroatoms. The van der Waals surface area contributed by atoms with Gasteiger partial charge in [0, 0.05) is 12.8 Å². The SMILES string of the molecule is Br.Brc1ccc(C2COCCCN2)cn1. The quantitative estimate of drug-likeness (QED) is 0.799. The van der Waals surface area contributed by atoms with Gasteiger partial charge in [-0.05, 0) is 40.5 Å². The molecule has 2 rings (SSSR count). The number of hydrogen-bond acceptors (Lipinski definition) is 3. The smallest absolute Gasteiger partial charge is 0.106 e. The lowest BCUT2D eigenvalue weighted by Gasteiger charge is -2.14. The van der Waals surface area contributed by atoms with Crippen molar-refractivity contribution in [1.82, 2.24) is 10.3 Å². The second-order valence-corrected chi connectivity index (χ2v) is 4.16. The molecule has 2 heterocycles. The minimum absolute atomic E-state index is 0. The van der Waals surface area contributed by atoms with Crippen molar-refractivity contribution < 1.29 is 4.74 Å². The van der Waals surface area contributed by atoms with Crippen molar-refractivity contribution in [3.63, 3.8) is 0 Å². The van der Waals surface area contributed by atoms with E-state index in [1.165, 1.54) is 5.56 Å². The molecule has 0 aromatic carbocycles. The molecule has 1 aliphatic rings. The molecule has 1 atom stereocenters. The number of halogens is 2. The summed E-state index contributed by atoms with van der Waals surface area (Å²) in [5.74, 6) is 0. The number of rotatable bonds is 1. The van der Waals surface area contributed by atoms with Gasteiger partial charge in [-0.1, -0.05) is 6.07 Å². The first-order valence-electron chi connectivity index (χ1n) is 4.79. The summed E-state index contributed by atoms with van der Waals surface area (Å²) in [6, 6.07) is 4.32. The number of nitrogens with zero attached hydrogens (tertiary/aromatic N) is 1. The largest absolute Gasteiger partial charge is 0.379 e. The highest BCUT2D eigenvalue weighted by molar-refractivity contribution is 9.10. The number of ether oxygens (including phenoxy) is 1. The van der Waals surface area contributed by atoms with Gasteiger partial charge in [0.2, 0.25) is 0 Å². The van der Waals surface area contributed by atoms with Gasteiger partial charge >= 0.3 is 0 Å². The molecule has 84 valence electrons. The highest BCUT2D eigenvalue weighted by Crippen LogP contribution is 2.16. The Bertz CT molecular complexity index is 284. The molecule has 15 heavy (non-hydrogen) atoms. The first kappa shape index (κ1) is 13.1. The summed E-state index contributed by atoms with van der Waals surface area (Å²) in [7, 11) is 0. The number of hydrogen-bond donors (Lipinski definition) is 1. The molecule has 1 saturated heterocycles. The van der Waals surface area contributed by atoms with E-state index >= 15 is 0 Å². The second kappa shape index (κ2) is 6.58. The van der Waals surface area contributed by atoms with Crippen LogP contribution in [0.15, 0.2) is 22.9 Å². The lowest BCUT2D eigenvalue weighted by Crippen LogP contribution is -2.23. The van der Waals surface area contributed by atoms with E-state index < -0.39 is 0 Å². The first-order chi connectivity index (χ1) is 6.86. The molecule has 3 nitrogen and oxygen atoms in total. The van der Waals surface area contributed by atoms with Crippen LogP contribution in [-0.2, 0) is 4.74 Å². The van der Waals surface area contributed by atoms with Gasteiger partial charge < -0.3 is 10.1 Å². The van der Waals surface area contributed by atoms with Gasteiger partial charge in [0.25, 0.3) is 0 Å². The zero-order valence-corrected chi connectivity index (χ0v) is 11.6. The van der Waals surface area contributed by atoms with E-state index in [1.54, 1.807) is 0 Å². The summed E-state index contributed by atoms with van der Waals surface area (Å²) in [6.45, 7) is 2.61. The van der Waals surface area contributed by atoms with Crippen molar-refractivity contribution in [3.05, 3.63) is 28.5 Å². The Morgan fingerprint density at radius 1 is 1.47 bits per heavy atom. The van der Waals surface area contributed by atoms with Crippen molar-refractivity contribution >= 4 is 32.9 Å². The van der Waals surface area contributed by atoms with E-state index in [1.807, 2.05) is 12.3 Å². The topological polar surface area (TPSA) is 34.1 Å². The van der Waals surface area contributed by atoms with Crippen LogP contribution in [0.25, 0.3) is 0 Å². The maximum Gasteiger partial charge on any atom is 0.106 e. The van der Waals surface area contributed by atoms with Crippen molar-refractivity contribution in [2.45, 2.75) is 12.5 Å². The fourth-order valence-electron chi connectivity index (χ4n) is 1.52. The van der Waals surface area contributed by atoms with Crippen molar-refractivity contribution in [2.24, 2.45) is 0 Å². The standard InChI is InChI=1S/C10H13BrN2O.BrH/c11-10-3-2-8(6-13-10)9-7-14-5-1-4-12-9;/h2-3,6,9,12H,1,4-5,7H2;1H. The Kier molecular flexibility index (Phi) is 5.74. The Morgan fingerprint density at radius 2 is 2.33 bits per heavy atom. The predicted molar refractivity (Wildman–Crippen MR) is 68.4 cm³/mol. The number of aromatic nitrogens is 1. The Balaban J connectivity index is 0.00000112. The Hall–Kier alpha value is 0.0300. The van der Waals surface area contributed by atoms with Gasteiger partial charge in [0.15, 0.2) is 0 Å². The van der Waals surface area contributed by atoms with E-state index in [0.29, 0.717) is 0 Å².